The SMILES string of the molecule is C=CCN(C(=O)Cn1ccc(N)n1)C(C)(C)C. The van der Waals surface area contributed by atoms with Gasteiger partial charge in [-0.1, -0.05) is 6.08 Å². The van der Waals surface area contributed by atoms with E-state index in [9.17, 15) is 4.79 Å². The van der Waals surface area contributed by atoms with Crippen molar-refractivity contribution in [1.82, 2.24) is 14.7 Å². The van der Waals surface area contributed by atoms with E-state index in [0.29, 0.717) is 12.4 Å². The van der Waals surface area contributed by atoms with E-state index >= 15 is 0 Å². The molecule has 0 saturated carbocycles. The maximum atomic E-state index is 12.1. The van der Waals surface area contributed by atoms with Crippen LogP contribution in [0.3, 0.4) is 0 Å². The highest BCUT2D eigenvalue weighted by Gasteiger charge is 2.25. The maximum absolute atomic E-state index is 12.1. The lowest BCUT2D eigenvalue weighted by Gasteiger charge is -2.34. The fourth-order valence-electron chi connectivity index (χ4n) is 1.57. The molecule has 1 amide bonds. The highest BCUT2D eigenvalue weighted by Crippen LogP contribution is 2.14. The topological polar surface area (TPSA) is 64.2 Å². The highest BCUT2D eigenvalue weighted by molar-refractivity contribution is 5.76. The summed E-state index contributed by atoms with van der Waals surface area (Å²) in [4.78, 5) is 13.9. The van der Waals surface area contributed by atoms with Crippen LogP contribution in [0, 0.1) is 0 Å². The van der Waals surface area contributed by atoms with E-state index in [2.05, 4.69) is 11.7 Å². The summed E-state index contributed by atoms with van der Waals surface area (Å²) in [6.07, 6.45) is 3.42. The van der Waals surface area contributed by atoms with E-state index < -0.39 is 0 Å². The molecule has 0 aliphatic carbocycles. The van der Waals surface area contributed by atoms with E-state index in [4.69, 9.17) is 5.73 Å². The van der Waals surface area contributed by atoms with Gasteiger partial charge in [-0.3, -0.25) is 9.48 Å². The van der Waals surface area contributed by atoms with E-state index in [1.54, 1.807) is 27.9 Å². The van der Waals surface area contributed by atoms with Gasteiger partial charge in [0, 0.05) is 18.3 Å². The summed E-state index contributed by atoms with van der Waals surface area (Å²) in [5, 5.41) is 4.00. The second kappa shape index (κ2) is 5.03. The van der Waals surface area contributed by atoms with E-state index in [-0.39, 0.29) is 18.0 Å². The second-order valence-electron chi connectivity index (χ2n) is 4.90. The molecule has 2 N–H and O–H groups in total. The molecular weight excluding hydrogens is 216 g/mol. The molecule has 0 aliphatic rings. The summed E-state index contributed by atoms with van der Waals surface area (Å²) in [6, 6.07) is 1.67. The summed E-state index contributed by atoms with van der Waals surface area (Å²) >= 11 is 0. The molecule has 0 saturated heterocycles. The average molecular weight is 236 g/mol. The Balaban J connectivity index is 2.75. The van der Waals surface area contributed by atoms with Gasteiger partial charge in [0.1, 0.15) is 12.4 Å². The Morgan fingerprint density at radius 2 is 2.29 bits per heavy atom. The molecule has 0 bridgehead atoms. The van der Waals surface area contributed by atoms with Crippen molar-refractivity contribution in [1.29, 1.82) is 0 Å². The van der Waals surface area contributed by atoms with Crippen molar-refractivity contribution in [3.05, 3.63) is 24.9 Å². The minimum atomic E-state index is -0.232. The first kappa shape index (κ1) is 13.3. The van der Waals surface area contributed by atoms with Crippen LogP contribution in [0.1, 0.15) is 20.8 Å². The van der Waals surface area contributed by atoms with Crippen LogP contribution in [0.5, 0.6) is 0 Å². The summed E-state index contributed by atoms with van der Waals surface area (Å²) < 4.78 is 1.54. The molecule has 0 unspecified atom stereocenters. The normalized spacial score (nSPS) is 11.2. The first-order chi connectivity index (χ1) is 7.84. The third-order valence-corrected chi connectivity index (χ3v) is 2.38. The number of nitrogens with zero attached hydrogens (tertiary/aromatic N) is 3. The molecule has 94 valence electrons. The minimum Gasteiger partial charge on any atom is -0.382 e. The van der Waals surface area contributed by atoms with Crippen molar-refractivity contribution >= 4 is 11.7 Å². The lowest BCUT2D eigenvalue weighted by atomic mass is 10.1. The van der Waals surface area contributed by atoms with Gasteiger partial charge in [0.05, 0.1) is 0 Å². The zero-order chi connectivity index (χ0) is 13.1. The van der Waals surface area contributed by atoms with Crippen molar-refractivity contribution in [2.45, 2.75) is 32.9 Å². The summed E-state index contributed by atoms with van der Waals surface area (Å²) in [7, 11) is 0. The van der Waals surface area contributed by atoms with Gasteiger partial charge < -0.3 is 10.6 Å². The summed E-state index contributed by atoms with van der Waals surface area (Å²) in [6.45, 7) is 10.4. The number of hydrogen-bond acceptors (Lipinski definition) is 3. The molecule has 0 spiro atoms. The molecule has 5 heteroatoms. The molecule has 1 aromatic rings. The maximum Gasteiger partial charge on any atom is 0.245 e. The molecule has 0 fully saturated rings. The number of carbonyl (C=O) groups excluding carboxylic acids is 1. The number of aromatic nitrogens is 2. The van der Waals surface area contributed by atoms with Gasteiger partial charge >= 0.3 is 0 Å². The van der Waals surface area contributed by atoms with E-state index in [1.807, 2.05) is 20.8 Å². The van der Waals surface area contributed by atoms with Crippen LogP contribution in [0.15, 0.2) is 24.9 Å². The van der Waals surface area contributed by atoms with Crippen LogP contribution >= 0.6 is 0 Å². The van der Waals surface area contributed by atoms with Gasteiger partial charge in [0.15, 0.2) is 0 Å². The molecule has 0 aliphatic heterocycles. The average Bonchev–Trinajstić information content (AvgIpc) is 2.58. The zero-order valence-corrected chi connectivity index (χ0v) is 10.7. The van der Waals surface area contributed by atoms with Crippen LogP contribution in [0.4, 0.5) is 5.82 Å². The standard InChI is InChI=1S/C12H20N4O/c1-5-7-16(12(2,3)4)11(17)9-15-8-6-10(13)14-15/h5-6,8H,1,7,9H2,2-4H3,(H2,13,14). The number of nitrogen functional groups attached to an aromatic ring is 1. The van der Waals surface area contributed by atoms with Crippen molar-refractivity contribution in [2.24, 2.45) is 0 Å². The number of anilines is 1. The molecule has 17 heavy (non-hydrogen) atoms. The Kier molecular flexibility index (Phi) is 3.93. The van der Waals surface area contributed by atoms with Gasteiger partial charge in [0.25, 0.3) is 0 Å². The Labute approximate surface area is 102 Å². The van der Waals surface area contributed by atoms with Gasteiger partial charge in [0.2, 0.25) is 5.91 Å². The lowest BCUT2D eigenvalue weighted by molar-refractivity contribution is -0.136. The fourth-order valence-corrected chi connectivity index (χ4v) is 1.57. The third kappa shape index (κ3) is 3.62. The summed E-state index contributed by atoms with van der Waals surface area (Å²) in [5.74, 6) is 0.421. The van der Waals surface area contributed by atoms with E-state index in [0.717, 1.165) is 0 Å². The fraction of sp³-hybridized carbons (Fsp3) is 0.500. The number of nitrogens with two attached hydrogens (primary N) is 1. The van der Waals surface area contributed by atoms with Gasteiger partial charge in [-0.05, 0) is 26.8 Å². The smallest absolute Gasteiger partial charge is 0.245 e. The Morgan fingerprint density at radius 1 is 1.65 bits per heavy atom. The molecule has 1 aromatic heterocycles. The van der Waals surface area contributed by atoms with Gasteiger partial charge in [-0.2, -0.15) is 5.10 Å². The van der Waals surface area contributed by atoms with Crippen LogP contribution in [0.25, 0.3) is 0 Å². The van der Waals surface area contributed by atoms with Crippen LogP contribution in [-0.2, 0) is 11.3 Å². The first-order valence-electron chi connectivity index (χ1n) is 5.55. The minimum absolute atomic E-state index is 0.000463. The molecule has 1 heterocycles. The molecule has 0 aromatic carbocycles. The predicted octanol–water partition coefficient (Wildman–Crippen LogP) is 1.28. The van der Waals surface area contributed by atoms with Crippen LogP contribution in [-0.4, -0.2) is 32.7 Å². The van der Waals surface area contributed by atoms with Crippen molar-refractivity contribution in [3.63, 3.8) is 0 Å². The molecule has 5 nitrogen and oxygen atoms in total. The monoisotopic (exact) mass is 236 g/mol. The van der Waals surface area contributed by atoms with E-state index in [1.165, 1.54) is 0 Å². The first-order valence-corrected chi connectivity index (χ1v) is 5.55. The predicted molar refractivity (Wildman–Crippen MR) is 68.3 cm³/mol. The Bertz CT molecular complexity index is 403. The second-order valence-corrected chi connectivity index (χ2v) is 4.90. The largest absolute Gasteiger partial charge is 0.382 e. The number of hydrogen-bond donors (Lipinski definition) is 1. The van der Waals surface area contributed by atoms with Gasteiger partial charge in [-0.15, -0.1) is 6.58 Å². The van der Waals surface area contributed by atoms with Crippen molar-refractivity contribution in [3.8, 4) is 0 Å². The Morgan fingerprint density at radius 3 is 2.71 bits per heavy atom. The van der Waals surface area contributed by atoms with Gasteiger partial charge in [-0.25, -0.2) is 0 Å². The third-order valence-electron chi connectivity index (χ3n) is 2.38. The van der Waals surface area contributed by atoms with Crippen molar-refractivity contribution in [2.75, 3.05) is 12.3 Å². The van der Waals surface area contributed by atoms with Crippen LogP contribution < -0.4 is 5.73 Å². The molecule has 0 atom stereocenters. The lowest BCUT2D eigenvalue weighted by Crippen LogP contribution is -2.47. The molecule has 1 rings (SSSR count). The highest BCUT2D eigenvalue weighted by atomic mass is 16.2. The number of rotatable bonds is 4. The number of carbonyl (C=O) groups is 1. The quantitative estimate of drug-likeness (QED) is 0.801. The Hall–Kier alpha value is -1.78. The number of amides is 1. The molecular formula is C12H20N4O. The zero-order valence-electron chi connectivity index (χ0n) is 10.7. The molecule has 0 radical (unpaired) electrons. The summed E-state index contributed by atoms with van der Waals surface area (Å²) in [5.41, 5.74) is 5.27. The van der Waals surface area contributed by atoms with Crippen LogP contribution in [0.2, 0.25) is 0 Å². The van der Waals surface area contributed by atoms with Crippen molar-refractivity contribution < 1.29 is 4.79 Å².